The minimum Gasteiger partial charge on any atom is -0.508 e. The lowest BCUT2D eigenvalue weighted by molar-refractivity contribution is -0.385. The zero-order chi connectivity index (χ0) is 75.7. The molecule has 0 aliphatic carbocycles. The molecule has 1 unspecified atom stereocenters. The van der Waals surface area contributed by atoms with E-state index in [2.05, 4.69) is 13.8 Å². The summed E-state index contributed by atoms with van der Waals surface area (Å²) in [6.45, 7) is 5.16. The molecule has 0 amide bonds. The standard InChI is InChI=1S/C38H53N2O10P.C26H46O3.C7H7ClNO4P.C6H5NO3/c1-2-3-4-5-6-7-8-9-10-11-12-13-14-18-29-46-31-38(47-30-33-19-16-15-17-20-33)32-48-51(45,49-36-25-21-34(22-26-36)39(41)42)50-37-27-23-35(24-28-37)40(43)44;1-2-3-4-5-6-7-8-9-10-11-12-13-14-18-21-28-24-26(22-27)29-23-25-19-16-15-17-20-25;1-14(8,12)13-7-4-2-6(3-5-7)9(10)11;8-6-3-1-5(2-4-6)7(9)10/h15-17,19-28,38H,2-14,18,29-32H2,1H3;15-17,19-20,26-27H,2-14,18,21-24H2,1H3;2-5H,1H3;1-4,8H/t38-;26-;;/m10../s1. The van der Waals surface area contributed by atoms with Crippen molar-refractivity contribution >= 4 is 48.5 Å². The van der Waals surface area contributed by atoms with Crippen LogP contribution in [0.2, 0.25) is 0 Å². The van der Waals surface area contributed by atoms with Gasteiger partial charge in [-0.15, -0.1) is 0 Å². The number of non-ortho nitro benzene ring substituents is 4. The van der Waals surface area contributed by atoms with Crippen molar-refractivity contribution in [3.05, 3.63) is 209 Å². The lowest BCUT2D eigenvalue weighted by atomic mass is 10.0. The van der Waals surface area contributed by atoms with E-state index < -0.39 is 40.3 Å². The number of hydrogen-bond donors (Lipinski definition) is 2. The van der Waals surface area contributed by atoms with E-state index in [1.807, 2.05) is 60.7 Å². The zero-order valence-electron chi connectivity index (χ0n) is 60.9. The van der Waals surface area contributed by atoms with Gasteiger partial charge in [-0.1, -0.05) is 241 Å². The number of benzene rings is 6. The lowest BCUT2D eigenvalue weighted by Crippen LogP contribution is -2.26. The number of aliphatic hydroxyl groups is 1. The summed E-state index contributed by atoms with van der Waals surface area (Å²) in [6, 6.07) is 39.7. The molecule has 27 heteroatoms. The number of halogens is 1. The Morgan fingerprint density at radius 1 is 0.385 bits per heavy atom. The van der Waals surface area contributed by atoms with Crippen LogP contribution < -0.4 is 13.6 Å². The molecule has 6 aromatic rings. The second-order valence-electron chi connectivity index (χ2n) is 25.2. The zero-order valence-corrected chi connectivity index (χ0v) is 63.5. The van der Waals surface area contributed by atoms with Gasteiger partial charge in [0.2, 0.25) is 0 Å². The van der Waals surface area contributed by atoms with Gasteiger partial charge in [0.05, 0.1) is 59.3 Å². The molecule has 0 fully saturated rings. The van der Waals surface area contributed by atoms with E-state index >= 15 is 0 Å². The van der Waals surface area contributed by atoms with Crippen LogP contribution >= 0.6 is 25.8 Å². The highest BCUT2D eigenvalue weighted by Crippen LogP contribution is 2.50. The molecule has 0 aromatic heterocycles. The van der Waals surface area contributed by atoms with Gasteiger partial charge >= 0.3 is 14.5 Å². The van der Waals surface area contributed by atoms with Gasteiger partial charge < -0.3 is 42.7 Å². The molecule has 104 heavy (non-hydrogen) atoms. The molecule has 3 atom stereocenters. The van der Waals surface area contributed by atoms with Crippen LogP contribution in [0.4, 0.5) is 22.7 Å². The summed E-state index contributed by atoms with van der Waals surface area (Å²) < 4.78 is 70.3. The van der Waals surface area contributed by atoms with Crippen LogP contribution in [-0.2, 0) is 45.8 Å². The predicted molar refractivity (Wildman–Crippen MR) is 408 cm³/mol. The molecule has 6 rings (SSSR count). The van der Waals surface area contributed by atoms with E-state index in [0.717, 1.165) is 37.0 Å². The molecule has 6 aromatic carbocycles. The number of phenolic OH excluding ortho intramolecular Hbond substituents is 1. The number of aliphatic hydroxyl groups excluding tert-OH is 1. The molecule has 0 aliphatic heterocycles. The summed E-state index contributed by atoms with van der Waals surface area (Å²) in [5.74, 6) is 0.283. The smallest absolute Gasteiger partial charge is 0.508 e. The Kier molecular flexibility index (Phi) is 49.7. The number of phenols is 1. The van der Waals surface area contributed by atoms with E-state index in [-0.39, 0.29) is 78.3 Å². The Balaban J connectivity index is 0.000000437. The van der Waals surface area contributed by atoms with Crippen LogP contribution in [0.3, 0.4) is 0 Å². The molecule has 0 heterocycles. The largest absolute Gasteiger partial charge is 0.587 e. The number of hydrogen-bond acceptors (Lipinski definition) is 20. The van der Waals surface area contributed by atoms with Crippen molar-refractivity contribution in [1.82, 2.24) is 0 Å². The Hall–Kier alpha value is -7.37. The minimum atomic E-state index is -4.44. The number of unbranched alkanes of at least 4 members (excludes halogenated alkanes) is 26. The Morgan fingerprint density at radius 2 is 0.663 bits per heavy atom. The molecule has 2 N–H and O–H groups in total. The summed E-state index contributed by atoms with van der Waals surface area (Å²) >= 11 is 5.37. The molecule has 576 valence electrons. The van der Waals surface area contributed by atoms with Crippen molar-refractivity contribution in [2.75, 3.05) is 46.3 Å². The maximum absolute atomic E-state index is 14.0. The number of rotatable bonds is 54. The molecule has 0 bridgehead atoms. The maximum Gasteiger partial charge on any atom is 0.587 e. The van der Waals surface area contributed by atoms with E-state index in [9.17, 15) is 54.7 Å². The summed E-state index contributed by atoms with van der Waals surface area (Å²) in [5.41, 5.74) is 1.62. The Labute approximate surface area is 619 Å². The van der Waals surface area contributed by atoms with Gasteiger partial charge in [0, 0.05) is 68.4 Å². The van der Waals surface area contributed by atoms with E-state index in [4.69, 9.17) is 53.4 Å². The van der Waals surface area contributed by atoms with Crippen LogP contribution in [0.25, 0.3) is 0 Å². The highest BCUT2D eigenvalue weighted by Gasteiger charge is 2.33. The second kappa shape index (κ2) is 56.9. The van der Waals surface area contributed by atoms with E-state index in [0.29, 0.717) is 19.8 Å². The van der Waals surface area contributed by atoms with Crippen molar-refractivity contribution < 1.29 is 76.1 Å². The highest BCUT2D eigenvalue weighted by molar-refractivity contribution is 7.85. The molecular formula is C77H111ClN4O20P2. The molecule has 24 nitrogen and oxygen atoms in total. The number of ether oxygens (including phenoxy) is 4. The molecule has 0 spiro atoms. The van der Waals surface area contributed by atoms with Gasteiger partial charge in [0.15, 0.2) is 0 Å². The molecule has 0 saturated heterocycles. The average molecular weight is 1510 g/mol. The quantitative estimate of drug-likeness (QED) is 0.0155. The summed E-state index contributed by atoms with van der Waals surface area (Å²) in [6.07, 6.45) is 36.0. The van der Waals surface area contributed by atoms with Gasteiger partial charge in [-0.2, -0.15) is 0 Å². The van der Waals surface area contributed by atoms with Gasteiger partial charge in [0.1, 0.15) is 35.2 Å². The second-order valence-corrected chi connectivity index (χ2v) is 30.2. The third kappa shape index (κ3) is 46.5. The van der Waals surface area contributed by atoms with E-state index in [1.165, 1.54) is 264 Å². The number of phosphoric acid groups is 1. The fourth-order valence-electron chi connectivity index (χ4n) is 10.3. The summed E-state index contributed by atoms with van der Waals surface area (Å²) in [5, 5.41) is 60.7. The monoisotopic (exact) mass is 1510 g/mol. The van der Waals surface area contributed by atoms with Gasteiger partial charge in [-0.05, 0) is 83.7 Å². The predicted octanol–water partition coefficient (Wildman–Crippen LogP) is 22.6. The first kappa shape index (κ1) is 90.8. The number of nitro groups is 4. The topological polar surface area (TPSA) is 321 Å². The van der Waals surface area contributed by atoms with Crippen LogP contribution in [0, 0.1) is 40.5 Å². The van der Waals surface area contributed by atoms with Crippen LogP contribution in [0.1, 0.15) is 205 Å². The van der Waals surface area contributed by atoms with Crippen LogP contribution in [-0.4, -0.2) is 88.4 Å². The molecule has 0 aliphatic rings. The Bertz CT molecular complexity index is 3230. The molecule has 0 saturated carbocycles. The highest BCUT2D eigenvalue weighted by atomic mass is 35.7. The first-order chi connectivity index (χ1) is 50.2. The van der Waals surface area contributed by atoms with Crippen molar-refractivity contribution in [1.29, 1.82) is 0 Å². The lowest BCUT2D eigenvalue weighted by Gasteiger charge is -2.23. The van der Waals surface area contributed by atoms with Gasteiger partial charge in [-0.25, -0.2) is 4.57 Å². The number of nitro benzene ring substituents is 4. The minimum absolute atomic E-state index is 0.00153. The first-order valence-corrected chi connectivity index (χ1v) is 41.0. The third-order valence-corrected chi connectivity index (χ3v) is 18.2. The van der Waals surface area contributed by atoms with Gasteiger partial charge in [0.25, 0.3) is 22.7 Å². The van der Waals surface area contributed by atoms with Crippen LogP contribution in [0.15, 0.2) is 158 Å². The number of phosphoric ester groups is 1. The van der Waals surface area contributed by atoms with Crippen molar-refractivity contribution in [3.8, 4) is 23.0 Å². The normalized spacial score (nSPS) is 12.2. The maximum atomic E-state index is 14.0. The van der Waals surface area contributed by atoms with Crippen molar-refractivity contribution in [2.24, 2.45) is 0 Å². The fraction of sp³-hybridized carbons (Fsp3) is 0.532. The SMILES string of the molecule is CCCCCCCCCCCCCCCCOC[C@H](CO)OCc1ccccc1.CCCCCCCCCCCCCCCCOC[C@H](COP(=O)(Oc1ccc([N+](=O)[O-])cc1)Oc1ccc([N+](=O)[O-])cc1)OCc1ccccc1.CP(=O)(Cl)Oc1ccc([N+](=O)[O-])cc1.O=[N+]([O-])c1ccc(O)cc1. The third-order valence-electron chi connectivity index (χ3n) is 16.1. The van der Waals surface area contributed by atoms with Crippen molar-refractivity contribution in [2.45, 2.75) is 219 Å². The molecular weight excluding hydrogens is 1400 g/mol. The van der Waals surface area contributed by atoms with Crippen LogP contribution in [0.5, 0.6) is 23.0 Å². The van der Waals surface area contributed by atoms with Gasteiger partial charge in [-0.3, -0.25) is 49.5 Å². The van der Waals surface area contributed by atoms with E-state index in [1.54, 1.807) is 0 Å². The number of aromatic hydroxyl groups is 1. The Morgan fingerprint density at radius 3 is 0.962 bits per heavy atom. The summed E-state index contributed by atoms with van der Waals surface area (Å²) in [4.78, 5) is 40.3. The average Bonchev–Trinajstić information content (AvgIpc) is 0.832. The molecule has 0 radical (unpaired) electrons. The van der Waals surface area contributed by atoms with Crippen molar-refractivity contribution in [3.63, 3.8) is 0 Å². The number of nitrogens with zero attached hydrogens (tertiary/aromatic N) is 4. The summed E-state index contributed by atoms with van der Waals surface area (Å²) in [7, 11) is -4.44. The first-order valence-electron chi connectivity index (χ1n) is 36.6. The fourth-order valence-corrected chi connectivity index (χ4v) is 12.2.